The normalized spacial score (nSPS) is 10.3. The van der Waals surface area contributed by atoms with Crippen LogP contribution in [0.2, 0.25) is 0 Å². The van der Waals surface area contributed by atoms with Crippen LogP contribution < -0.4 is 15.0 Å². The van der Waals surface area contributed by atoms with E-state index in [9.17, 15) is 0 Å². The van der Waals surface area contributed by atoms with Gasteiger partial charge in [0, 0.05) is 19.8 Å². The van der Waals surface area contributed by atoms with Gasteiger partial charge in [0.25, 0.3) is 0 Å². The summed E-state index contributed by atoms with van der Waals surface area (Å²) >= 11 is 0. The molecule has 2 aromatic rings. The van der Waals surface area contributed by atoms with Crippen LogP contribution in [0.1, 0.15) is 5.56 Å². The summed E-state index contributed by atoms with van der Waals surface area (Å²) in [5.41, 5.74) is 3.29. The first-order valence-corrected chi connectivity index (χ1v) is 6.22. The SMILES string of the molecule is CNCc1ccncc1N(C)c1ccccc1OC. The highest BCUT2D eigenvalue weighted by molar-refractivity contribution is 5.70. The van der Waals surface area contributed by atoms with Gasteiger partial charge in [0.1, 0.15) is 5.75 Å². The van der Waals surface area contributed by atoms with E-state index in [1.54, 1.807) is 7.11 Å². The molecule has 1 aromatic carbocycles. The molecular weight excluding hydrogens is 238 g/mol. The highest BCUT2D eigenvalue weighted by Gasteiger charge is 2.12. The molecule has 0 spiro atoms. The summed E-state index contributed by atoms with van der Waals surface area (Å²) < 4.78 is 5.41. The van der Waals surface area contributed by atoms with E-state index in [1.165, 1.54) is 5.56 Å². The van der Waals surface area contributed by atoms with Gasteiger partial charge >= 0.3 is 0 Å². The number of rotatable bonds is 5. The standard InChI is InChI=1S/C15H19N3O/c1-16-10-12-8-9-17-11-14(12)18(2)13-6-4-5-7-15(13)19-3/h4-9,11,16H,10H2,1-3H3. The predicted molar refractivity (Wildman–Crippen MR) is 78.1 cm³/mol. The predicted octanol–water partition coefficient (Wildman–Crippen LogP) is 2.58. The Labute approximate surface area is 114 Å². The number of methoxy groups -OCH3 is 1. The molecule has 1 heterocycles. The largest absolute Gasteiger partial charge is 0.495 e. The Morgan fingerprint density at radius 3 is 2.74 bits per heavy atom. The number of anilines is 2. The maximum atomic E-state index is 5.41. The lowest BCUT2D eigenvalue weighted by Gasteiger charge is -2.23. The Morgan fingerprint density at radius 1 is 1.21 bits per heavy atom. The van der Waals surface area contributed by atoms with E-state index in [-0.39, 0.29) is 0 Å². The number of hydrogen-bond acceptors (Lipinski definition) is 4. The highest BCUT2D eigenvalue weighted by Crippen LogP contribution is 2.33. The molecule has 0 aliphatic heterocycles. The van der Waals surface area contributed by atoms with Crippen molar-refractivity contribution in [3.05, 3.63) is 48.3 Å². The third-order valence-electron chi connectivity index (χ3n) is 3.06. The van der Waals surface area contributed by atoms with Crippen molar-refractivity contribution in [2.75, 3.05) is 26.1 Å². The second kappa shape index (κ2) is 6.20. The summed E-state index contributed by atoms with van der Waals surface area (Å²) in [5, 5.41) is 3.17. The zero-order valence-corrected chi connectivity index (χ0v) is 11.6. The van der Waals surface area contributed by atoms with Crippen molar-refractivity contribution in [3.63, 3.8) is 0 Å². The number of hydrogen-bond donors (Lipinski definition) is 1. The molecule has 0 unspecified atom stereocenters. The molecule has 0 aliphatic rings. The van der Waals surface area contributed by atoms with Crippen LogP contribution in [0.3, 0.4) is 0 Å². The summed E-state index contributed by atoms with van der Waals surface area (Å²) in [6.45, 7) is 0.803. The topological polar surface area (TPSA) is 37.4 Å². The fraction of sp³-hybridized carbons (Fsp3) is 0.267. The second-order valence-corrected chi connectivity index (χ2v) is 4.27. The van der Waals surface area contributed by atoms with E-state index in [4.69, 9.17) is 4.74 Å². The van der Waals surface area contributed by atoms with E-state index >= 15 is 0 Å². The molecule has 2 rings (SSSR count). The minimum absolute atomic E-state index is 0.803. The maximum Gasteiger partial charge on any atom is 0.142 e. The molecule has 100 valence electrons. The van der Waals surface area contributed by atoms with Crippen molar-refractivity contribution in [1.29, 1.82) is 0 Å². The van der Waals surface area contributed by atoms with Crippen molar-refractivity contribution in [2.24, 2.45) is 0 Å². The lowest BCUT2D eigenvalue weighted by atomic mass is 10.2. The summed E-state index contributed by atoms with van der Waals surface area (Å²) in [5.74, 6) is 0.851. The van der Waals surface area contributed by atoms with Crippen molar-refractivity contribution < 1.29 is 4.74 Å². The van der Waals surface area contributed by atoms with Gasteiger partial charge in [-0.05, 0) is 30.8 Å². The second-order valence-electron chi connectivity index (χ2n) is 4.27. The lowest BCUT2D eigenvalue weighted by Crippen LogP contribution is -2.15. The fourth-order valence-corrected chi connectivity index (χ4v) is 2.09. The van der Waals surface area contributed by atoms with Crippen LogP contribution in [-0.2, 0) is 6.54 Å². The lowest BCUT2D eigenvalue weighted by molar-refractivity contribution is 0.415. The number of ether oxygens (including phenoxy) is 1. The first kappa shape index (κ1) is 13.4. The monoisotopic (exact) mass is 257 g/mol. The summed E-state index contributed by atoms with van der Waals surface area (Å²) in [4.78, 5) is 6.32. The van der Waals surface area contributed by atoms with Crippen molar-refractivity contribution in [1.82, 2.24) is 10.3 Å². The number of pyridine rings is 1. The van der Waals surface area contributed by atoms with Crippen LogP contribution in [0.15, 0.2) is 42.7 Å². The Kier molecular flexibility index (Phi) is 4.36. The fourth-order valence-electron chi connectivity index (χ4n) is 2.09. The van der Waals surface area contributed by atoms with Gasteiger partial charge in [0.2, 0.25) is 0 Å². The van der Waals surface area contributed by atoms with Gasteiger partial charge in [-0.25, -0.2) is 0 Å². The maximum absolute atomic E-state index is 5.41. The van der Waals surface area contributed by atoms with Crippen LogP contribution >= 0.6 is 0 Å². The number of nitrogens with one attached hydrogen (secondary N) is 1. The molecule has 0 radical (unpaired) electrons. The number of para-hydroxylation sites is 2. The molecule has 0 saturated carbocycles. The molecule has 1 N–H and O–H groups in total. The van der Waals surface area contributed by atoms with Gasteiger partial charge in [0.05, 0.1) is 24.7 Å². The van der Waals surface area contributed by atoms with Crippen LogP contribution in [0.4, 0.5) is 11.4 Å². The molecule has 4 nitrogen and oxygen atoms in total. The molecule has 4 heteroatoms. The zero-order chi connectivity index (χ0) is 13.7. The van der Waals surface area contributed by atoms with Gasteiger partial charge < -0.3 is 15.0 Å². The Hall–Kier alpha value is -2.07. The van der Waals surface area contributed by atoms with E-state index in [0.29, 0.717) is 0 Å². The first-order valence-electron chi connectivity index (χ1n) is 6.22. The Balaban J connectivity index is 2.41. The van der Waals surface area contributed by atoms with Crippen molar-refractivity contribution in [2.45, 2.75) is 6.54 Å². The van der Waals surface area contributed by atoms with Crippen molar-refractivity contribution in [3.8, 4) is 5.75 Å². The zero-order valence-electron chi connectivity index (χ0n) is 11.6. The van der Waals surface area contributed by atoms with Gasteiger partial charge in [-0.15, -0.1) is 0 Å². The molecule has 19 heavy (non-hydrogen) atoms. The Morgan fingerprint density at radius 2 is 2.00 bits per heavy atom. The first-order chi connectivity index (χ1) is 9.27. The smallest absolute Gasteiger partial charge is 0.142 e. The molecule has 0 aliphatic carbocycles. The number of nitrogens with zero attached hydrogens (tertiary/aromatic N) is 2. The van der Waals surface area contributed by atoms with Crippen LogP contribution in [0, 0.1) is 0 Å². The third-order valence-corrected chi connectivity index (χ3v) is 3.06. The highest BCUT2D eigenvalue weighted by atomic mass is 16.5. The minimum Gasteiger partial charge on any atom is -0.495 e. The van der Waals surface area contributed by atoms with Crippen LogP contribution in [-0.4, -0.2) is 26.2 Å². The van der Waals surface area contributed by atoms with Crippen molar-refractivity contribution >= 4 is 11.4 Å². The molecule has 0 atom stereocenters. The quantitative estimate of drug-likeness (QED) is 0.893. The number of aromatic nitrogens is 1. The third kappa shape index (κ3) is 2.85. The molecular formula is C15H19N3O. The van der Waals surface area contributed by atoms with E-state index < -0.39 is 0 Å². The molecule has 1 aromatic heterocycles. The average molecular weight is 257 g/mol. The summed E-state index contributed by atoms with van der Waals surface area (Å²) in [7, 11) is 5.64. The number of benzene rings is 1. The van der Waals surface area contributed by atoms with E-state index in [0.717, 1.165) is 23.7 Å². The van der Waals surface area contributed by atoms with Gasteiger partial charge in [-0.2, -0.15) is 0 Å². The summed E-state index contributed by atoms with van der Waals surface area (Å²) in [6, 6.07) is 9.99. The van der Waals surface area contributed by atoms with Gasteiger partial charge in [-0.3, -0.25) is 4.98 Å². The Bertz CT molecular complexity index is 542. The molecule has 0 saturated heterocycles. The van der Waals surface area contributed by atoms with Crippen LogP contribution in [0.5, 0.6) is 5.75 Å². The average Bonchev–Trinajstić information content (AvgIpc) is 2.47. The van der Waals surface area contributed by atoms with Gasteiger partial charge in [-0.1, -0.05) is 12.1 Å². The molecule has 0 amide bonds. The minimum atomic E-state index is 0.803. The van der Waals surface area contributed by atoms with Crippen LogP contribution in [0.25, 0.3) is 0 Å². The molecule has 0 bridgehead atoms. The van der Waals surface area contributed by atoms with E-state index in [1.807, 2.05) is 56.8 Å². The van der Waals surface area contributed by atoms with Gasteiger partial charge in [0.15, 0.2) is 0 Å². The molecule has 0 fully saturated rings. The van der Waals surface area contributed by atoms with E-state index in [2.05, 4.69) is 15.2 Å². The summed E-state index contributed by atoms with van der Waals surface area (Å²) in [6.07, 6.45) is 3.69.